The third kappa shape index (κ3) is 5.65. The number of benzene rings is 3. The van der Waals surface area contributed by atoms with Crippen molar-refractivity contribution in [3.8, 4) is 0 Å². The molecule has 2 N–H and O–H groups in total. The summed E-state index contributed by atoms with van der Waals surface area (Å²) in [4.78, 5) is 45.5. The van der Waals surface area contributed by atoms with Crippen molar-refractivity contribution < 1.29 is 34.1 Å². The van der Waals surface area contributed by atoms with Crippen LogP contribution < -0.4 is 9.80 Å². The average Bonchev–Trinajstić information content (AvgIpc) is 3.66. The van der Waals surface area contributed by atoms with E-state index in [1.54, 1.807) is 28.5 Å². The predicted octanol–water partition coefficient (Wildman–Crippen LogP) is 4.22. The molecule has 46 heavy (non-hydrogen) atoms. The molecule has 3 heterocycles. The number of carbonyl (C=O) groups excluding carboxylic acids is 3. The zero-order chi connectivity index (χ0) is 32.6. The van der Waals surface area contributed by atoms with Crippen molar-refractivity contribution in [1.82, 2.24) is 4.90 Å². The molecular formula is C36H41N3O7. The van der Waals surface area contributed by atoms with Crippen LogP contribution in [0.15, 0.2) is 78.9 Å². The molecule has 0 saturated carbocycles. The summed E-state index contributed by atoms with van der Waals surface area (Å²) >= 11 is 0. The number of rotatable bonds is 10. The topological polar surface area (TPSA) is 120 Å². The first-order chi connectivity index (χ1) is 22.0. The number of anilines is 2. The molecule has 3 aliphatic rings. The van der Waals surface area contributed by atoms with Gasteiger partial charge in [-0.3, -0.25) is 14.5 Å². The fourth-order valence-corrected chi connectivity index (χ4v) is 7.54. The van der Waals surface area contributed by atoms with Crippen molar-refractivity contribution in [1.29, 1.82) is 0 Å². The Kier molecular flexibility index (Phi) is 8.62. The Hall–Kier alpha value is -4.25. The Morgan fingerprint density at radius 2 is 1.74 bits per heavy atom. The monoisotopic (exact) mass is 627 g/mol. The van der Waals surface area contributed by atoms with Crippen molar-refractivity contribution >= 4 is 29.3 Å². The first kappa shape index (κ1) is 31.7. The molecule has 3 aromatic carbocycles. The summed E-state index contributed by atoms with van der Waals surface area (Å²) in [5.74, 6) is -1.51. The molecule has 3 amide bonds. The highest BCUT2D eigenvalue weighted by molar-refractivity contribution is 6.07. The minimum absolute atomic E-state index is 0.0585. The number of cyclic esters (lactones) is 1. The number of hydrogen-bond donors (Lipinski definition) is 2. The van der Waals surface area contributed by atoms with Gasteiger partial charge in [0.15, 0.2) is 5.60 Å². The molecule has 0 bridgehead atoms. The minimum atomic E-state index is -1.41. The van der Waals surface area contributed by atoms with E-state index >= 15 is 0 Å². The van der Waals surface area contributed by atoms with Gasteiger partial charge in [0, 0.05) is 36.2 Å². The van der Waals surface area contributed by atoms with Gasteiger partial charge in [-0.25, -0.2) is 4.79 Å². The fourth-order valence-electron chi connectivity index (χ4n) is 7.54. The zero-order valence-corrected chi connectivity index (χ0v) is 26.5. The van der Waals surface area contributed by atoms with Crippen LogP contribution in [0.25, 0.3) is 0 Å². The Labute approximate surface area is 269 Å². The maximum absolute atomic E-state index is 14.7. The number of carbonyl (C=O) groups is 3. The average molecular weight is 628 g/mol. The highest BCUT2D eigenvalue weighted by Crippen LogP contribution is 2.58. The number of aliphatic hydroxyl groups excluding tert-OH is 1. The predicted molar refractivity (Wildman–Crippen MR) is 172 cm³/mol. The van der Waals surface area contributed by atoms with E-state index in [-0.39, 0.29) is 37.9 Å². The Bertz CT molecular complexity index is 1610. The standard InChI is InChI=1S/C36H41N3O7/c1-24-32(35(2,3)44)30(21-31(41)37(16-18-40)22-25-10-5-4-6-11-25)46-36(24)28-14-7-8-15-29(28)39(33(36)42)23-26-12-9-13-27(20-26)38-17-19-45-34(38)43/h4-15,20,24,30,32,40,44H,16-19,21-23H2,1-3H3/t24-,30+,32-,36+/m1/s1. The molecule has 6 rings (SSSR count). The molecular weight excluding hydrogens is 586 g/mol. The molecule has 242 valence electrons. The smallest absolute Gasteiger partial charge is 0.414 e. The molecule has 0 unspecified atom stereocenters. The van der Waals surface area contributed by atoms with Crippen LogP contribution in [0.3, 0.4) is 0 Å². The molecule has 0 radical (unpaired) electrons. The van der Waals surface area contributed by atoms with E-state index in [9.17, 15) is 24.6 Å². The van der Waals surface area contributed by atoms with E-state index in [2.05, 4.69) is 0 Å². The molecule has 1 spiro atoms. The first-order valence-corrected chi connectivity index (χ1v) is 15.8. The van der Waals surface area contributed by atoms with Crippen LogP contribution in [0.5, 0.6) is 0 Å². The Morgan fingerprint density at radius 3 is 2.43 bits per heavy atom. The number of amides is 3. The van der Waals surface area contributed by atoms with Gasteiger partial charge in [-0.15, -0.1) is 0 Å². The van der Waals surface area contributed by atoms with Gasteiger partial charge in [0.25, 0.3) is 5.91 Å². The van der Waals surface area contributed by atoms with Crippen molar-refractivity contribution in [3.05, 3.63) is 95.6 Å². The second-order valence-corrected chi connectivity index (χ2v) is 12.9. The van der Waals surface area contributed by atoms with Crippen LogP contribution in [-0.4, -0.2) is 71.0 Å². The highest BCUT2D eigenvalue weighted by atomic mass is 16.6. The molecule has 10 heteroatoms. The maximum atomic E-state index is 14.7. The van der Waals surface area contributed by atoms with Crippen LogP contribution in [-0.2, 0) is 37.8 Å². The summed E-state index contributed by atoms with van der Waals surface area (Å²) in [5.41, 5.74) is 1.19. The Balaban J connectivity index is 1.31. The maximum Gasteiger partial charge on any atom is 0.414 e. The van der Waals surface area contributed by atoms with Gasteiger partial charge in [0.05, 0.1) is 43.5 Å². The van der Waals surface area contributed by atoms with E-state index in [0.717, 1.165) is 11.1 Å². The van der Waals surface area contributed by atoms with Gasteiger partial charge in [-0.05, 0) is 43.2 Å². The number of hydrogen-bond acceptors (Lipinski definition) is 7. The summed E-state index contributed by atoms with van der Waals surface area (Å²) in [6, 6.07) is 24.6. The van der Waals surface area contributed by atoms with Crippen LogP contribution >= 0.6 is 0 Å². The van der Waals surface area contributed by atoms with Gasteiger partial charge < -0.3 is 29.5 Å². The van der Waals surface area contributed by atoms with Crippen molar-refractivity contribution in [3.63, 3.8) is 0 Å². The van der Waals surface area contributed by atoms with E-state index < -0.39 is 35.2 Å². The van der Waals surface area contributed by atoms with Gasteiger partial charge in [-0.1, -0.05) is 67.6 Å². The largest absolute Gasteiger partial charge is 0.447 e. The molecule has 4 atom stereocenters. The lowest BCUT2D eigenvalue weighted by molar-refractivity contribution is -0.150. The van der Waals surface area contributed by atoms with E-state index in [4.69, 9.17) is 9.47 Å². The number of nitrogens with zero attached hydrogens (tertiary/aromatic N) is 3. The lowest BCUT2D eigenvalue weighted by Gasteiger charge is -2.34. The third-order valence-electron chi connectivity index (χ3n) is 9.53. The molecule has 0 aromatic heterocycles. The molecule has 10 nitrogen and oxygen atoms in total. The van der Waals surface area contributed by atoms with Gasteiger partial charge in [0.1, 0.15) is 6.61 Å². The van der Waals surface area contributed by atoms with Crippen molar-refractivity contribution in [2.24, 2.45) is 11.8 Å². The molecule has 2 saturated heterocycles. The van der Waals surface area contributed by atoms with Crippen molar-refractivity contribution in [2.45, 2.75) is 57.6 Å². The third-order valence-corrected chi connectivity index (χ3v) is 9.53. The number of aliphatic hydroxyl groups is 2. The number of ether oxygens (including phenoxy) is 2. The normalized spacial score (nSPS) is 24.1. The van der Waals surface area contributed by atoms with Gasteiger partial charge in [-0.2, -0.15) is 0 Å². The van der Waals surface area contributed by atoms with Gasteiger partial charge >= 0.3 is 6.09 Å². The summed E-state index contributed by atoms with van der Waals surface area (Å²) < 4.78 is 11.9. The number of para-hydroxylation sites is 1. The summed E-state index contributed by atoms with van der Waals surface area (Å²) in [7, 11) is 0. The number of fused-ring (bicyclic) bond motifs is 2. The first-order valence-electron chi connectivity index (χ1n) is 15.8. The molecule has 3 aliphatic heterocycles. The van der Waals surface area contributed by atoms with E-state index in [1.165, 1.54) is 0 Å². The fraction of sp³-hybridized carbons (Fsp3) is 0.417. The van der Waals surface area contributed by atoms with Crippen LogP contribution in [0, 0.1) is 11.8 Å². The summed E-state index contributed by atoms with van der Waals surface area (Å²) in [6.45, 7) is 6.62. The quantitative estimate of drug-likeness (QED) is 0.346. The second-order valence-electron chi connectivity index (χ2n) is 12.9. The summed E-state index contributed by atoms with van der Waals surface area (Å²) in [6.07, 6.45) is -1.22. The highest BCUT2D eigenvalue weighted by Gasteiger charge is 2.66. The van der Waals surface area contributed by atoms with E-state index in [0.29, 0.717) is 36.6 Å². The lowest BCUT2D eigenvalue weighted by atomic mass is 9.71. The van der Waals surface area contributed by atoms with Crippen LogP contribution in [0.1, 0.15) is 43.9 Å². The van der Waals surface area contributed by atoms with Crippen LogP contribution in [0.4, 0.5) is 16.2 Å². The zero-order valence-electron chi connectivity index (χ0n) is 26.5. The second kappa shape index (κ2) is 12.5. The SMILES string of the molecule is C[C@@H]1[C@@H](C(C)(C)O)[C@H](CC(=O)N(CCO)Cc2ccccc2)O[C@@]12C(=O)N(Cc1cccc(N3CCOC3=O)c1)c1ccccc12. The minimum Gasteiger partial charge on any atom is -0.447 e. The molecule has 3 aromatic rings. The van der Waals surface area contributed by atoms with E-state index in [1.807, 2.05) is 85.8 Å². The van der Waals surface area contributed by atoms with Crippen LogP contribution in [0.2, 0.25) is 0 Å². The molecule has 0 aliphatic carbocycles. The molecule has 2 fully saturated rings. The lowest BCUT2D eigenvalue weighted by Crippen LogP contribution is -2.46. The van der Waals surface area contributed by atoms with Gasteiger partial charge in [0.2, 0.25) is 5.91 Å². The Morgan fingerprint density at radius 1 is 1.02 bits per heavy atom. The summed E-state index contributed by atoms with van der Waals surface area (Å²) in [5, 5.41) is 21.2. The van der Waals surface area contributed by atoms with Crippen molar-refractivity contribution in [2.75, 3.05) is 36.1 Å².